The number of halogens is 1. The van der Waals surface area contributed by atoms with Crippen molar-refractivity contribution in [2.24, 2.45) is 5.41 Å². The molecule has 1 aliphatic heterocycles. The van der Waals surface area contributed by atoms with Gasteiger partial charge in [-0.25, -0.2) is 4.90 Å². The molecule has 1 heterocycles. The molecule has 3 nitrogen and oxygen atoms in total. The molecule has 0 saturated carbocycles. The van der Waals surface area contributed by atoms with Crippen molar-refractivity contribution in [3.8, 4) is 0 Å². The monoisotopic (exact) mass is 323 g/mol. The summed E-state index contributed by atoms with van der Waals surface area (Å²) in [6.45, 7) is 5.90. The maximum Gasteiger partial charge on any atom is 0.240 e. The molecule has 102 valence electrons. The molecule has 0 bridgehead atoms. The third kappa shape index (κ3) is 2.22. The number of hydrogen-bond acceptors (Lipinski definition) is 2. The van der Waals surface area contributed by atoms with E-state index in [2.05, 4.69) is 15.9 Å². The van der Waals surface area contributed by atoms with Crippen LogP contribution in [0.4, 0.5) is 5.69 Å². The predicted octanol–water partition coefficient (Wildman–Crippen LogP) is 3.83. The number of imide groups is 1. The van der Waals surface area contributed by atoms with Gasteiger partial charge in [-0.05, 0) is 53.4 Å². The van der Waals surface area contributed by atoms with Gasteiger partial charge in [0.25, 0.3) is 0 Å². The van der Waals surface area contributed by atoms with Crippen LogP contribution < -0.4 is 4.90 Å². The Kier molecular flexibility index (Phi) is 3.81. The second-order valence-corrected chi connectivity index (χ2v) is 6.01. The number of amides is 2. The van der Waals surface area contributed by atoms with E-state index in [0.717, 1.165) is 10.0 Å². The van der Waals surface area contributed by atoms with Gasteiger partial charge in [0.2, 0.25) is 11.8 Å². The summed E-state index contributed by atoms with van der Waals surface area (Å²) in [4.78, 5) is 26.3. The summed E-state index contributed by atoms with van der Waals surface area (Å²) in [6, 6.07) is 5.70. The molecule has 1 aromatic carbocycles. The first-order valence-electron chi connectivity index (χ1n) is 6.58. The summed E-state index contributed by atoms with van der Waals surface area (Å²) in [5, 5.41) is 0. The Hall–Kier alpha value is -1.16. The molecular formula is C15H18BrNO2. The zero-order chi connectivity index (χ0) is 14.2. The Morgan fingerprint density at radius 1 is 1.26 bits per heavy atom. The molecule has 1 aliphatic rings. The van der Waals surface area contributed by atoms with Crippen molar-refractivity contribution in [1.29, 1.82) is 0 Å². The molecule has 0 radical (unpaired) electrons. The molecule has 0 unspecified atom stereocenters. The van der Waals surface area contributed by atoms with Gasteiger partial charge in [0, 0.05) is 10.9 Å². The molecule has 1 fully saturated rings. The first kappa shape index (κ1) is 14.3. The molecule has 2 rings (SSSR count). The Bertz CT molecular complexity index is 535. The number of nitrogens with zero attached hydrogens (tertiary/aromatic N) is 1. The lowest BCUT2D eigenvalue weighted by Crippen LogP contribution is -2.35. The third-order valence-corrected chi connectivity index (χ3v) is 4.76. The summed E-state index contributed by atoms with van der Waals surface area (Å²) >= 11 is 3.43. The second kappa shape index (κ2) is 5.08. The second-order valence-electron chi connectivity index (χ2n) is 5.15. The minimum atomic E-state index is -0.514. The minimum absolute atomic E-state index is 0.0613. The SMILES string of the molecule is CCC1(CC)CC(=O)N(c2cc(C)ccc2Br)C1=O. The Balaban J connectivity index is 2.49. The van der Waals surface area contributed by atoms with Crippen LogP contribution in [-0.2, 0) is 9.59 Å². The highest BCUT2D eigenvalue weighted by molar-refractivity contribution is 9.10. The summed E-state index contributed by atoms with van der Waals surface area (Å²) in [7, 11) is 0. The van der Waals surface area contributed by atoms with Crippen molar-refractivity contribution < 1.29 is 9.59 Å². The fourth-order valence-corrected chi connectivity index (χ4v) is 3.06. The zero-order valence-corrected chi connectivity index (χ0v) is 13.1. The standard InChI is InChI=1S/C15H18BrNO2/c1-4-15(5-2)9-13(18)17(14(15)19)12-8-10(3)6-7-11(12)16/h6-8H,4-5,9H2,1-3H3. The minimum Gasteiger partial charge on any atom is -0.274 e. The van der Waals surface area contributed by atoms with Crippen LogP contribution in [0, 0.1) is 12.3 Å². The molecular weight excluding hydrogens is 306 g/mol. The van der Waals surface area contributed by atoms with Crippen LogP contribution in [0.15, 0.2) is 22.7 Å². The van der Waals surface area contributed by atoms with E-state index in [0.29, 0.717) is 24.9 Å². The molecule has 0 aromatic heterocycles. The molecule has 2 amide bonds. The molecule has 0 aliphatic carbocycles. The summed E-state index contributed by atoms with van der Waals surface area (Å²) in [5.41, 5.74) is 1.18. The van der Waals surface area contributed by atoms with Gasteiger partial charge in [-0.3, -0.25) is 9.59 Å². The summed E-state index contributed by atoms with van der Waals surface area (Å²) in [6.07, 6.45) is 1.72. The molecule has 1 aromatic rings. The van der Waals surface area contributed by atoms with E-state index in [1.165, 1.54) is 4.90 Å². The van der Waals surface area contributed by atoms with Gasteiger partial charge >= 0.3 is 0 Å². The van der Waals surface area contributed by atoms with Crippen molar-refractivity contribution in [3.63, 3.8) is 0 Å². The van der Waals surface area contributed by atoms with Crippen molar-refractivity contribution in [2.45, 2.75) is 40.0 Å². The van der Waals surface area contributed by atoms with Crippen molar-refractivity contribution in [3.05, 3.63) is 28.2 Å². The van der Waals surface area contributed by atoms with Crippen LogP contribution in [0.5, 0.6) is 0 Å². The molecule has 19 heavy (non-hydrogen) atoms. The lowest BCUT2D eigenvalue weighted by molar-refractivity contribution is -0.126. The average Bonchev–Trinajstić information content (AvgIpc) is 2.64. The van der Waals surface area contributed by atoms with E-state index >= 15 is 0 Å². The third-order valence-electron chi connectivity index (χ3n) is 4.09. The normalized spacial score (nSPS) is 18.2. The highest BCUT2D eigenvalue weighted by atomic mass is 79.9. The van der Waals surface area contributed by atoms with E-state index in [1.807, 2.05) is 39.0 Å². The molecule has 0 spiro atoms. The van der Waals surface area contributed by atoms with Gasteiger partial charge in [-0.1, -0.05) is 19.9 Å². The largest absolute Gasteiger partial charge is 0.274 e. The van der Waals surface area contributed by atoms with E-state index in [4.69, 9.17) is 0 Å². The predicted molar refractivity (Wildman–Crippen MR) is 79.0 cm³/mol. The van der Waals surface area contributed by atoms with Gasteiger partial charge in [-0.2, -0.15) is 0 Å². The number of hydrogen-bond donors (Lipinski definition) is 0. The maximum atomic E-state index is 12.6. The Morgan fingerprint density at radius 3 is 2.42 bits per heavy atom. The molecule has 4 heteroatoms. The lowest BCUT2D eigenvalue weighted by atomic mass is 9.81. The van der Waals surface area contributed by atoms with Crippen LogP contribution in [0.2, 0.25) is 0 Å². The van der Waals surface area contributed by atoms with Gasteiger partial charge < -0.3 is 0 Å². The number of carbonyl (C=O) groups is 2. The van der Waals surface area contributed by atoms with Crippen molar-refractivity contribution in [2.75, 3.05) is 4.90 Å². The topological polar surface area (TPSA) is 37.4 Å². The Morgan fingerprint density at radius 2 is 1.89 bits per heavy atom. The van der Waals surface area contributed by atoms with E-state index < -0.39 is 5.41 Å². The van der Waals surface area contributed by atoms with E-state index in [9.17, 15) is 9.59 Å². The van der Waals surface area contributed by atoms with Gasteiger partial charge in [0.15, 0.2) is 0 Å². The van der Waals surface area contributed by atoms with Crippen LogP contribution in [0.3, 0.4) is 0 Å². The fraction of sp³-hybridized carbons (Fsp3) is 0.467. The maximum absolute atomic E-state index is 12.6. The molecule has 0 N–H and O–H groups in total. The van der Waals surface area contributed by atoms with Gasteiger partial charge in [0.05, 0.1) is 11.1 Å². The van der Waals surface area contributed by atoms with Crippen LogP contribution in [0.25, 0.3) is 0 Å². The number of rotatable bonds is 3. The van der Waals surface area contributed by atoms with E-state index in [1.54, 1.807) is 0 Å². The quantitative estimate of drug-likeness (QED) is 0.793. The van der Waals surface area contributed by atoms with Crippen LogP contribution in [-0.4, -0.2) is 11.8 Å². The lowest BCUT2D eigenvalue weighted by Gasteiger charge is -2.24. The average molecular weight is 324 g/mol. The van der Waals surface area contributed by atoms with Crippen molar-refractivity contribution in [1.82, 2.24) is 0 Å². The van der Waals surface area contributed by atoms with Gasteiger partial charge in [-0.15, -0.1) is 0 Å². The number of aryl methyl sites for hydroxylation is 1. The molecule has 0 atom stereocenters. The first-order chi connectivity index (χ1) is 8.95. The number of anilines is 1. The smallest absolute Gasteiger partial charge is 0.240 e. The summed E-state index contributed by atoms with van der Waals surface area (Å²) in [5.74, 6) is -0.159. The first-order valence-corrected chi connectivity index (χ1v) is 7.38. The number of carbonyl (C=O) groups excluding carboxylic acids is 2. The number of benzene rings is 1. The van der Waals surface area contributed by atoms with Crippen molar-refractivity contribution >= 4 is 33.4 Å². The Labute approximate surface area is 122 Å². The zero-order valence-electron chi connectivity index (χ0n) is 11.5. The fourth-order valence-electron chi connectivity index (χ4n) is 2.63. The highest BCUT2D eigenvalue weighted by Gasteiger charge is 2.49. The highest BCUT2D eigenvalue weighted by Crippen LogP contribution is 2.43. The van der Waals surface area contributed by atoms with Gasteiger partial charge in [0.1, 0.15) is 0 Å². The van der Waals surface area contributed by atoms with Crippen LogP contribution in [0.1, 0.15) is 38.7 Å². The van der Waals surface area contributed by atoms with Crippen LogP contribution >= 0.6 is 15.9 Å². The van der Waals surface area contributed by atoms with E-state index in [-0.39, 0.29) is 11.8 Å². The molecule has 1 saturated heterocycles. The summed E-state index contributed by atoms with van der Waals surface area (Å²) < 4.78 is 0.780.